The fourth-order valence-electron chi connectivity index (χ4n) is 6.39. The molecule has 4 saturated heterocycles. The van der Waals surface area contributed by atoms with Crippen molar-refractivity contribution in [2.45, 2.75) is 54.4 Å². The third-order valence-corrected chi connectivity index (χ3v) is 10.8. The molecule has 5 aliphatic heterocycles. The SMILES string of the molecule is CCC[C@]12CC34SC(=S)SC(C)(C(=O)N3[C@H]1N(c1ccccc1)c1ccccc12)N(C)C4=O. The molecule has 1 spiro atoms. The fourth-order valence-corrected chi connectivity index (χ4v) is 10.2. The number of carbonyl (C=O) groups is 2. The number of hydrogen-bond donors (Lipinski definition) is 0. The molecule has 0 radical (unpaired) electrons. The number of rotatable bonds is 3. The first-order valence-corrected chi connectivity index (χ1v) is 13.3. The molecule has 33 heavy (non-hydrogen) atoms. The summed E-state index contributed by atoms with van der Waals surface area (Å²) in [5.41, 5.74) is 3.02. The fraction of sp³-hybridized carbons (Fsp3) is 0.400. The number of fused-ring (bicyclic) bond motifs is 6. The molecule has 5 heterocycles. The van der Waals surface area contributed by atoms with E-state index >= 15 is 0 Å². The Hall–Kier alpha value is -2.03. The zero-order valence-corrected chi connectivity index (χ0v) is 21.2. The van der Waals surface area contributed by atoms with Crippen molar-refractivity contribution in [1.29, 1.82) is 0 Å². The van der Waals surface area contributed by atoms with Crippen molar-refractivity contribution in [1.82, 2.24) is 9.80 Å². The number of hydrogen-bond acceptors (Lipinski definition) is 6. The third kappa shape index (κ3) is 2.49. The Morgan fingerprint density at radius 2 is 1.73 bits per heavy atom. The number of anilines is 2. The van der Waals surface area contributed by atoms with Crippen LogP contribution in [0.3, 0.4) is 0 Å². The van der Waals surface area contributed by atoms with Crippen molar-refractivity contribution < 1.29 is 9.59 Å². The number of para-hydroxylation sites is 2. The molecule has 2 unspecified atom stereocenters. The summed E-state index contributed by atoms with van der Waals surface area (Å²) < 4.78 is 0.664. The molecule has 0 aromatic heterocycles. The van der Waals surface area contributed by atoms with Gasteiger partial charge in [0.2, 0.25) is 0 Å². The van der Waals surface area contributed by atoms with Crippen LogP contribution in [0.2, 0.25) is 0 Å². The van der Waals surface area contributed by atoms with Gasteiger partial charge in [0.25, 0.3) is 11.8 Å². The predicted octanol–water partition coefficient (Wildman–Crippen LogP) is 5.08. The molecule has 0 saturated carbocycles. The summed E-state index contributed by atoms with van der Waals surface area (Å²) in [5.74, 6) is -0.0454. The second-order valence-electron chi connectivity index (χ2n) is 9.44. The normalized spacial score (nSPS) is 34.5. The van der Waals surface area contributed by atoms with Crippen molar-refractivity contribution in [3.05, 3.63) is 60.2 Å². The second-order valence-corrected chi connectivity index (χ2v) is 13.3. The van der Waals surface area contributed by atoms with Gasteiger partial charge in [-0.15, -0.1) is 0 Å². The number of nitrogens with zero attached hydrogens (tertiary/aromatic N) is 3. The number of benzene rings is 2. The first-order valence-electron chi connectivity index (χ1n) is 11.3. The van der Waals surface area contributed by atoms with E-state index < -0.39 is 9.74 Å². The Bertz CT molecular complexity index is 1210. The van der Waals surface area contributed by atoms with Crippen LogP contribution in [0.15, 0.2) is 54.6 Å². The third-order valence-electron chi connectivity index (χ3n) is 7.79. The smallest absolute Gasteiger partial charge is 0.262 e. The maximum absolute atomic E-state index is 14.3. The van der Waals surface area contributed by atoms with E-state index in [0.29, 0.717) is 9.95 Å². The molecule has 2 amide bonds. The molecular formula is C25H25N3O2S3. The first kappa shape index (κ1) is 21.5. The minimum atomic E-state index is -1.04. The standard InChI is InChI=1S/C25H25N3O2S3/c1-4-14-24-15-25-21(30)26(3)23(2,32-22(31)33-25)20(29)28(25)19(24)27(16-10-6-5-7-11-16)18-13-9-8-12-17(18)24/h5-13,19H,4,14-15H2,1-3H3/t19-,23?,24-,25?/m1/s1. The Labute approximate surface area is 207 Å². The molecule has 7 rings (SSSR count). The van der Waals surface area contributed by atoms with E-state index in [0.717, 1.165) is 24.2 Å². The van der Waals surface area contributed by atoms with E-state index in [4.69, 9.17) is 12.2 Å². The summed E-state index contributed by atoms with van der Waals surface area (Å²) in [5, 5.41) is 0. The minimum Gasteiger partial charge on any atom is -0.320 e. The lowest BCUT2D eigenvalue weighted by atomic mass is 9.74. The Morgan fingerprint density at radius 1 is 1.03 bits per heavy atom. The molecule has 0 aliphatic carbocycles. The van der Waals surface area contributed by atoms with Gasteiger partial charge in [0.15, 0.2) is 9.74 Å². The highest BCUT2D eigenvalue weighted by Gasteiger charge is 2.76. The zero-order chi connectivity index (χ0) is 23.2. The highest BCUT2D eigenvalue weighted by atomic mass is 32.2. The number of amides is 2. The molecule has 4 fully saturated rings. The molecule has 2 bridgehead atoms. The van der Waals surface area contributed by atoms with Gasteiger partial charge in [-0.25, -0.2) is 0 Å². The van der Waals surface area contributed by atoms with E-state index in [2.05, 4.69) is 48.2 Å². The van der Waals surface area contributed by atoms with Crippen molar-refractivity contribution in [2.24, 2.45) is 0 Å². The zero-order valence-electron chi connectivity index (χ0n) is 18.8. The summed E-state index contributed by atoms with van der Waals surface area (Å²) in [7, 11) is 1.75. The van der Waals surface area contributed by atoms with Crippen LogP contribution in [0.25, 0.3) is 0 Å². The molecule has 0 N–H and O–H groups in total. The lowest BCUT2D eigenvalue weighted by Crippen LogP contribution is -2.72. The number of carbonyl (C=O) groups excluding carboxylic acids is 2. The first-order chi connectivity index (χ1) is 15.8. The molecular weight excluding hydrogens is 470 g/mol. The van der Waals surface area contributed by atoms with Crippen molar-refractivity contribution in [2.75, 3.05) is 11.9 Å². The van der Waals surface area contributed by atoms with E-state index in [9.17, 15) is 9.59 Å². The largest absolute Gasteiger partial charge is 0.320 e. The lowest BCUT2D eigenvalue weighted by molar-refractivity contribution is -0.163. The van der Waals surface area contributed by atoms with Crippen LogP contribution in [0.4, 0.5) is 11.4 Å². The van der Waals surface area contributed by atoms with Crippen LogP contribution in [0.1, 0.15) is 38.7 Å². The molecule has 5 nitrogen and oxygen atoms in total. The van der Waals surface area contributed by atoms with Gasteiger partial charge in [-0.3, -0.25) is 14.5 Å². The summed E-state index contributed by atoms with van der Waals surface area (Å²) in [6.07, 6.45) is 2.12. The van der Waals surface area contributed by atoms with E-state index in [-0.39, 0.29) is 23.4 Å². The van der Waals surface area contributed by atoms with Crippen LogP contribution in [0.5, 0.6) is 0 Å². The monoisotopic (exact) mass is 495 g/mol. The Kier molecular flexibility index (Phi) is 4.56. The van der Waals surface area contributed by atoms with Gasteiger partial charge in [0, 0.05) is 30.3 Å². The summed E-state index contributed by atoms with van der Waals surface area (Å²) in [6.45, 7) is 4.03. The van der Waals surface area contributed by atoms with Crippen molar-refractivity contribution >= 4 is 62.5 Å². The van der Waals surface area contributed by atoms with Gasteiger partial charge in [0.05, 0.1) is 0 Å². The topological polar surface area (TPSA) is 43.9 Å². The number of thiocarbonyl (C=S) groups is 1. The van der Waals surface area contributed by atoms with Crippen LogP contribution >= 0.6 is 35.7 Å². The molecule has 8 heteroatoms. The van der Waals surface area contributed by atoms with Gasteiger partial charge >= 0.3 is 0 Å². The quantitative estimate of drug-likeness (QED) is 0.553. The van der Waals surface area contributed by atoms with Crippen LogP contribution in [-0.4, -0.2) is 48.1 Å². The molecule has 170 valence electrons. The van der Waals surface area contributed by atoms with E-state index in [1.54, 1.807) is 11.9 Å². The van der Waals surface area contributed by atoms with Gasteiger partial charge in [-0.1, -0.05) is 85.5 Å². The van der Waals surface area contributed by atoms with Gasteiger partial charge in [-0.2, -0.15) is 0 Å². The van der Waals surface area contributed by atoms with E-state index in [1.165, 1.54) is 29.1 Å². The molecule has 5 aliphatic rings. The highest BCUT2D eigenvalue weighted by molar-refractivity contribution is 8.48. The van der Waals surface area contributed by atoms with Crippen LogP contribution < -0.4 is 4.90 Å². The Morgan fingerprint density at radius 3 is 2.45 bits per heavy atom. The average molecular weight is 496 g/mol. The van der Waals surface area contributed by atoms with Crippen molar-refractivity contribution in [3.8, 4) is 0 Å². The van der Waals surface area contributed by atoms with Crippen molar-refractivity contribution in [3.63, 3.8) is 0 Å². The summed E-state index contributed by atoms with van der Waals surface area (Å²) >= 11 is 8.48. The maximum atomic E-state index is 14.3. The second kappa shape index (κ2) is 6.99. The highest BCUT2D eigenvalue weighted by Crippen LogP contribution is 2.67. The number of piperazine rings is 1. The molecule has 2 aromatic rings. The number of thioether (sulfide) groups is 2. The van der Waals surface area contributed by atoms with Crippen LogP contribution in [-0.2, 0) is 15.0 Å². The Balaban J connectivity index is 1.67. The van der Waals surface area contributed by atoms with Gasteiger partial charge in [0.1, 0.15) is 9.69 Å². The minimum absolute atomic E-state index is 0.0164. The lowest BCUT2D eigenvalue weighted by Gasteiger charge is -2.51. The summed E-state index contributed by atoms with van der Waals surface area (Å²) in [4.78, 5) is 32.2. The van der Waals surface area contributed by atoms with Gasteiger partial charge < -0.3 is 9.80 Å². The molecule has 2 aromatic carbocycles. The maximum Gasteiger partial charge on any atom is 0.262 e. The average Bonchev–Trinajstić information content (AvgIpc) is 3.18. The van der Waals surface area contributed by atoms with Gasteiger partial charge in [-0.05, 0) is 37.1 Å². The molecule has 4 atom stereocenters. The predicted molar refractivity (Wildman–Crippen MR) is 139 cm³/mol. The number of likely N-dealkylation sites (N-methyl/N-ethyl adjacent to an activating group) is 1. The van der Waals surface area contributed by atoms with Crippen LogP contribution in [0, 0.1) is 0 Å². The summed E-state index contributed by atoms with van der Waals surface area (Å²) in [6, 6.07) is 18.7. The van der Waals surface area contributed by atoms with E-state index in [1.807, 2.05) is 30.0 Å².